The van der Waals surface area contributed by atoms with Crippen LogP contribution in [0, 0.1) is 13.8 Å². The van der Waals surface area contributed by atoms with E-state index in [0.717, 1.165) is 52.0 Å². The van der Waals surface area contributed by atoms with Crippen molar-refractivity contribution < 1.29 is 4.74 Å². The number of anilines is 1. The van der Waals surface area contributed by atoms with Crippen molar-refractivity contribution in [3.8, 4) is 0 Å². The van der Waals surface area contributed by atoms with Crippen LogP contribution in [0.5, 0.6) is 0 Å². The summed E-state index contributed by atoms with van der Waals surface area (Å²) in [7, 11) is 0. The number of hydrogen-bond donors (Lipinski definition) is 1. The predicted octanol–water partition coefficient (Wildman–Crippen LogP) is 3.14. The van der Waals surface area contributed by atoms with E-state index < -0.39 is 0 Å². The number of nitrogen functional groups attached to an aromatic ring is 1. The predicted molar refractivity (Wildman–Crippen MR) is 104 cm³/mol. The largest absolute Gasteiger partial charge is 0.382 e. The van der Waals surface area contributed by atoms with Crippen LogP contribution in [0.2, 0.25) is 0 Å². The molecule has 0 fully saturated rings. The van der Waals surface area contributed by atoms with Crippen molar-refractivity contribution in [2.75, 3.05) is 18.1 Å². The Morgan fingerprint density at radius 1 is 1.19 bits per heavy atom. The summed E-state index contributed by atoms with van der Waals surface area (Å²) in [5.74, 6) is 2.30. The first-order valence-corrected chi connectivity index (χ1v) is 9.69. The molecular formula is C18H24N6OS. The number of aromatic nitrogens is 5. The number of nitrogens with two attached hydrogens (primary N) is 1. The first-order chi connectivity index (χ1) is 12.6. The average Bonchev–Trinajstić information content (AvgIpc) is 3.01. The third-order valence-corrected chi connectivity index (χ3v) is 5.17. The highest BCUT2D eigenvalue weighted by atomic mass is 32.2. The third-order valence-electron chi connectivity index (χ3n) is 4.21. The molecule has 0 amide bonds. The van der Waals surface area contributed by atoms with Gasteiger partial charge in [0.25, 0.3) is 0 Å². The number of fused-ring (bicyclic) bond motifs is 1. The zero-order chi connectivity index (χ0) is 18.5. The van der Waals surface area contributed by atoms with E-state index in [4.69, 9.17) is 15.5 Å². The van der Waals surface area contributed by atoms with E-state index in [-0.39, 0.29) is 0 Å². The van der Waals surface area contributed by atoms with Crippen LogP contribution in [-0.2, 0) is 17.9 Å². The van der Waals surface area contributed by atoms with Gasteiger partial charge in [-0.25, -0.2) is 19.9 Å². The molecule has 0 bridgehead atoms. The van der Waals surface area contributed by atoms with Gasteiger partial charge in [0.05, 0.1) is 5.52 Å². The van der Waals surface area contributed by atoms with Crippen LogP contribution < -0.4 is 5.73 Å². The van der Waals surface area contributed by atoms with Crippen LogP contribution >= 0.6 is 11.8 Å². The Balaban J connectivity index is 1.82. The second-order valence-electron chi connectivity index (χ2n) is 5.95. The van der Waals surface area contributed by atoms with Gasteiger partial charge in [-0.15, -0.1) is 0 Å². The van der Waals surface area contributed by atoms with Gasteiger partial charge >= 0.3 is 0 Å². The van der Waals surface area contributed by atoms with E-state index in [0.29, 0.717) is 19.0 Å². The summed E-state index contributed by atoms with van der Waals surface area (Å²) in [5.41, 5.74) is 10.00. The molecule has 138 valence electrons. The smallest absolute Gasteiger partial charge is 0.187 e. The van der Waals surface area contributed by atoms with Crippen molar-refractivity contribution in [3.05, 3.63) is 35.5 Å². The molecule has 26 heavy (non-hydrogen) atoms. The molecule has 0 aromatic carbocycles. The van der Waals surface area contributed by atoms with E-state index in [1.807, 2.05) is 19.9 Å². The minimum Gasteiger partial charge on any atom is -0.382 e. The molecule has 0 saturated carbocycles. The Labute approximate surface area is 157 Å². The molecule has 2 N–H and O–H groups in total. The lowest BCUT2D eigenvalue weighted by atomic mass is 10.2. The summed E-state index contributed by atoms with van der Waals surface area (Å²) in [6.07, 6.45) is 4.50. The van der Waals surface area contributed by atoms with Gasteiger partial charge in [0.15, 0.2) is 11.0 Å². The summed E-state index contributed by atoms with van der Waals surface area (Å²) in [4.78, 5) is 17.6. The average molecular weight is 372 g/mol. The minimum atomic E-state index is 0.470. The number of nitrogens with zero attached hydrogens (tertiary/aromatic N) is 5. The molecule has 3 aromatic heterocycles. The molecule has 3 aromatic rings. The lowest BCUT2D eigenvalue weighted by Crippen LogP contribution is -2.08. The van der Waals surface area contributed by atoms with Gasteiger partial charge < -0.3 is 15.0 Å². The number of rotatable bonds is 8. The Morgan fingerprint density at radius 2 is 1.96 bits per heavy atom. The van der Waals surface area contributed by atoms with E-state index in [1.54, 1.807) is 24.2 Å². The van der Waals surface area contributed by atoms with Gasteiger partial charge in [-0.3, -0.25) is 0 Å². The van der Waals surface area contributed by atoms with Gasteiger partial charge in [-0.05, 0) is 38.8 Å². The summed E-state index contributed by atoms with van der Waals surface area (Å²) in [6, 6.07) is 1.82. The number of thioether (sulfide) groups is 1. The van der Waals surface area contributed by atoms with Gasteiger partial charge in [-0.2, -0.15) is 0 Å². The number of imidazole rings is 1. The topological polar surface area (TPSA) is 91.7 Å². The van der Waals surface area contributed by atoms with Crippen molar-refractivity contribution in [3.63, 3.8) is 0 Å². The fourth-order valence-corrected chi connectivity index (χ4v) is 3.56. The normalized spacial score (nSPS) is 11.3. The van der Waals surface area contributed by atoms with Crippen LogP contribution in [0.3, 0.4) is 0 Å². The van der Waals surface area contributed by atoms with Crippen LogP contribution in [0.1, 0.15) is 30.4 Å². The van der Waals surface area contributed by atoms with Crippen molar-refractivity contribution in [2.45, 2.75) is 45.5 Å². The molecule has 8 heteroatoms. The second kappa shape index (κ2) is 8.46. The van der Waals surface area contributed by atoms with Crippen molar-refractivity contribution >= 4 is 28.6 Å². The fraction of sp³-hybridized carbons (Fsp3) is 0.444. The number of pyridine rings is 1. The van der Waals surface area contributed by atoms with Gasteiger partial charge in [0, 0.05) is 37.0 Å². The van der Waals surface area contributed by atoms with Crippen LogP contribution in [0.25, 0.3) is 11.0 Å². The zero-order valence-corrected chi connectivity index (χ0v) is 16.2. The number of hydrogen-bond acceptors (Lipinski definition) is 7. The second-order valence-corrected chi connectivity index (χ2v) is 7.02. The zero-order valence-electron chi connectivity index (χ0n) is 15.4. The molecule has 7 nitrogen and oxygen atoms in total. The Bertz CT molecular complexity index is 881. The minimum absolute atomic E-state index is 0.470. The molecule has 0 aliphatic carbocycles. The van der Waals surface area contributed by atoms with E-state index in [9.17, 15) is 0 Å². The van der Waals surface area contributed by atoms with E-state index in [1.165, 1.54) is 0 Å². The number of ether oxygens (including phenoxy) is 1. The molecule has 0 unspecified atom stereocenters. The highest BCUT2D eigenvalue weighted by Gasteiger charge is 2.17. The van der Waals surface area contributed by atoms with Crippen molar-refractivity contribution in [2.24, 2.45) is 0 Å². The monoisotopic (exact) mass is 372 g/mol. The van der Waals surface area contributed by atoms with Gasteiger partial charge in [0.2, 0.25) is 0 Å². The Kier molecular flexibility index (Phi) is 6.05. The molecule has 0 atom stereocenters. The van der Waals surface area contributed by atoms with Crippen LogP contribution in [0.4, 0.5) is 5.82 Å². The maximum Gasteiger partial charge on any atom is 0.187 e. The van der Waals surface area contributed by atoms with E-state index >= 15 is 0 Å². The summed E-state index contributed by atoms with van der Waals surface area (Å²) < 4.78 is 7.83. The maximum atomic E-state index is 6.12. The van der Waals surface area contributed by atoms with Gasteiger partial charge in [0.1, 0.15) is 17.9 Å². The molecule has 0 aliphatic rings. The highest BCUT2D eigenvalue weighted by Crippen LogP contribution is 2.27. The first kappa shape index (κ1) is 18.6. The van der Waals surface area contributed by atoms with Crippen LogP contribution in [-0.4, -0.2) is 36.9 Å². The molecule has 3 rings (SSSR count). The van der Waals surface area contributed by atoms with Gasteiger partial charge in [-0.1, -0.05) is 11.8 Å². The number of aryl methyl sites for hydroxylation is 3. The van der Waals surface area contributed by atoms with E-state index in [2.05, 4.69) is 26.4 Å². The van der Waals surface area contributed by atoms with Crippen molar-refractivity contribution in [1.82, 2.24) is 24.5 Å². The molecule has 0 aliphatic heterocycles. The Morgan fingerprint density at radius 3 is 2.69 bits per heavy atom. The summed E-state index contributed by atoms with van der Waals surface area (Å²) >= 11 is 1.66. The molecule has 0 saturated heterocycles. The molecular weight excluding hydrogens is 348 g/mol. The molecule has 0 spiro atoms. The maximum absolute atomic E-state index is 6.12. The molecule has 3 heterocycles. The standard InChI is InChI=1S/C18H24N6OS/c1-4-25-11-14-23-15-16(12(2)13(3)22-17(15)19)24(14)9-6-10-26-18-20-7-5-8-21-18/h5,7-8H,4,6,9-11H2,1-3H3,(H2,19,22). The quantitative estimate of drug-likeness (QED) is 0.369. The first-order valence-electron chi connectivity index (χ1n) is 8.71. The van der Waals surface area contributed by atoms with Crippen LogP contribution in [0.15, 0.2) is 23.6 Å². The summed E-state index contributed by atoms with van der Waals surface area (Å²) in [6.45, 7) is 7.98. The molecule has 0 radical (unpaired) electrons. The van der Waals surface area contributed by atoms with Crippen molar-refractivity contribution in [1.29, 1.82) is 0 Å². The SMILES string of the molecule is CCOCc1nc2c(N)nc(C)c(C)c2n1CCCSc1ncccn1. The fourth-order valence-electron chi connectivity index (χ4n) is 2.84. The lowest BCUT2D eigenvalue weighted by Gasteiger charge is -2.11. The summed E-state index contributed by atoms with van der Waals surface area (Å²) in [5, 5.41) is 0.804. The Hall–Kier alpha value is -2.19. The third kappa shape index (κ3) is 3.96. The highest BCUT2D eigenvalue weighted by molar-refractivity contribution is 7.99. The lowest BCUT2D eigenvalue weighted by molar-refractivity contribution is 0.126.